The van der Waals surface area contributed by atoms with Crippen molar-refractivity contribution in [3.05, 3.63) is 59.4 Å². The third-order valence-corrected chi connectivity index (χ3v) is 4.97. The standard InChI is InChI=1S/C21H23N3O/c1-15-7-6-8-17(13-15)20-16(2)22-19-10-9-18(14-24(19)20)21(25)23-11-4-3-5-12-23/h6-10,13-14H,3-5,11-12H2,1-2H3. The Balaban J connectivity index is 1.79. The molecule has 1 saturated heterocycles. The molecule has 1 aromatic carbocycles. The summed E-state index contributed by atoms with van der Waals surface area (Å²) in [5.74, 6) is 0.128. The number of hydrogen-bond donors (Lipinski definition) is 0. The lowest BCUT2D eigenvalue weighted by atomic mass is 10.1. The summed E-state index contributed by atoms with van der Waals surface area (Å²) in [6.07, 6.45) is 5.38. The van der Waals surface area contributed by atoms with Crippen molar-refractivity contribution in [1.82, 2.24) is 14.3 Å². The van der Waals surface area contributed by atoms with Crippen molar-refractivity contribution in [2.45, 2.75) is 33.1 Å². The van der Waals surface area contributed by atoms with Crippen LogP contribution in [0.3, 0.4) is 0 Å². The number of likely N-dealkylation sites (tertiary alicyclic amines) is 1. The number of aromatic nitrogens is 2. The summed E-state index contributed by atoms with van der Waals surface area (Å²) >= 11 is 0. The topological polar surface area (TPSA) is 37.6 Å². The summed E-state index contributed by atoms with van der Waals surface area (Å²) in [6.45, 7) is 5.85. The fourth-order valence-corrected chi connectivity index (χ4v) is 3.71. The monoisotopic (exact) mass is 333 g/mol. The summed E-state index contributed by atoms with van der Waals surface area (Å²) in [5.41, 5.74) is 6.00. The molecule has 4 nitrogen and oxygen atoms in total. The maximum Gasteiger partial charge on any atom is 0.255 e. The zero-order valence-corrected chi connectivity index (χ0v) is 14.8. The van der Waals surface area contributed by atoms with E-state index in [1.165, 1.54) is 12.0 Å². The van der Waals surface area contributed by atoms with Gasteiger partial charge in [0, 0.05) is 24.8 Å². The van der Waals surface area contributed by atoms with Gasteiger partial charge in [0.1, 0.15) is 5.65 Å². The van der Waals surface area contributed by atoms with E-state index in [0.717, 1.165) is 54.1 Å². The van der Waals surface area contributed by atoms with Crippen LogP contribution in [-0.2, 0) is 0 Å². The molecule has 0 saturated carbocycles. The molecule has 0 aliphatic carbocycles. The van der Waals surface area contributed by atoms with Gasteiger partial charge in [0.05, 0.1) is 17.0 Å². The molecule has 1 amide bonds. The third kappa shape index (κ3) is 2.93. The third-order valence-electron chi connectivity index (χ3n) is 4.97. The van der Waals surface area contributed by atoms with E-state index in [4.69, 9.17) is 0 Å². The fraction of sp³-hybridized carbons (Fsp3) is 0.333. The highest BCUT2D eigenvalue weighted by molar-refractivity contribution is 5.94. The van der Waals surface area contributed by atoms with Gasteiger partial charge in [-0.3, -0.25) is 9.20 Å². The first-order chi connectivity index (χ1) is 12.1. The molecule has 4 heteroatoms. The number of piperidine rings is 1. The van der Waals surface area contributed by atoms with Crippen LogP contribution < -0.4 is 0 Å². The van der Waals surface area contributed by atoms with E-state index in [9.17, 15) is 4.79 Å². The van der Waals surface area contributed by atoms with Gasteiger partial charge >= 0.3 is 0 Å². The first-order valence-electron chi connectivity index (χ1n) is 8.98. The summed E-state index contributed by atoms with van der Waals surface area (Å²) in [4.78, 5) is 19.5. The number of rotatable bonds is 2. The van der Waals surface area contributed by atoms with Crippen LogP contribution in [0.25, 0.3) is 16.9 Å². The molecule has 128 valence electrons. The SMILES string of the molecule is Cc1cccc(-c2c(C)nc3ccc(C(=O)N4CCCCC4)cn23)c1. The second-order valence-corrected chi connectivity index (χ2v) is 6.91. The highest BCUT2D eigenvalue weighted by Crippen LogP contribution is 2.26. The molecule has 0 spiro atoms. The first-order valence-corrected chi connectivity index (χ1v) is 8.98. The number of nitrogens with zero attached hydrogens (tertiary/aromatic N) is 3. The molecular formula is C21H23N3O. The Morgan fingerprint density at radius 2 is 1.84 bits per heavy atom. The molecule has 1 aliphatic heterocycles. The molecule has 0 bridgehead atoms. The molecule has 0 radical (unpaired) electrons. The van der Waals surface area contributed by atoms with Gasteiger partial charge in [-0.1, -0.05) is 23.8 Å². The lowest BCUT2D eigenvalue weighted by Crippen LogP contribution is -2.35. The average Bonchev–Trinajstić information content (AvgIpc) is 2.96. The molecule has 4 rings (SSSR count). The zero-order chi connectivity index (χ0) is 17.4. The van der Waals surface area contributed by atoms with Gasteiger partial charge in [-0.05, 0) is 51.3 Å². The van der Waals surface area contributed by atoms with Crippen LogP contribution in [-0.4, -0.2) is 33.3 Å². The van der Waals surface area contributed by atoms with E-state index in [1.54, 1.807) is 0 Å². The zero-order valence-electron chi connectivity index (χ0n) is 14.8. The largest absolute Gasteiger partial charge is 0.339 e. The maximum absolute atomic E-state index is 12.8. The molecule has 1 aliphatic rings. The van der Waals surface area contributed by atoms with Crippen LogP contribution in [0, 0.1) is 13.8 Å². The van der Waals surface area contributed by atoms with Gasteiger partial charge in [0.2, 0.25) is 0 Å². The van der Waals surface area contributed by atoms with Crippen LogP contribution in [0.1, 0.15) is 40.9 Å². The Hall–Kier alpha value is -2.62. The predicted octanol–water partition coefficient (Wildman–Crippen LogP) is 4.24. The fourth-order valence-electron chi connectivity index (χ4n) is 3.71. The van der Waals surface area contributed by atoms with Crippen molar-refractivity contribution in [3.8, 4) is 11.3 Å². The summed E-state index contributed by atoms with van der Waals surface area (Å²) in [6, 6.07) is 12.3. The number of benzene rings is 1. The van der Waals surface area contributed by atoms with Crippen molar-refractivity contribution < 1.29 is 4.79 Å². The molecular weight excluding hydrogens is 310 g/mol. The number of aryl methyl sites for hydroxylation is 2. The first kappa shape index (κ1) is 15.9. The molecule has 2 aromatic heterocycles. The van der Waals surface area contributed by atoms with Crippen molar-refractivity contribution in [2.24, 2.45) is 0 Å². The summed E-state index contributed by atoms with van der Waals surface area (Å²) in [7, 11) is 0. The van der Waals surface area contributed by atoms with Crippen LogP contribution in [0.15, 0.2) is 42.6 Å². The van der Waals surface area contributed by atoms with Gasteiger partial charge in [-0.2, -0.15) is 0 Å². The number of carbonyl (C=O) groups is 1. The molecule has 1 fully saturated rings. The Kier molecular flexibility index (Phi) is 4.04. The average molecular weight is 333 g/mol. The van der Waals surface area contributed by atoms with Crippen molar-refractivity contribution in [3.63, 3.8) is 0 Å². The number of carbonyl (C=O) groups excluding carboxylic acids is 1. The van der Waals surface area contributed by atoms with E-state index in [0.29, 0.717) is 0 Å². The molecule has 0 unspecified atom stereocenters. The number of fused-ring (bicyclic) bond motifs is 1. The Labute approximate surface area is 148 Å². The van der Waals surface area contributed by atoms with E-state index < -0.39 is 0 Å². The summed E-state index contributed by atoms with van der Waals surface area (Å²) in [5, 5.41) is 0. The minimum absolute atomic E-state index is 0.128. The normalized spacial score (nSPS) is 14.9. The minimum Gasteiger partial charge on any atom is -0.339 e. The van der Waals surface area contributed by atoms with E-state index in [2.05, 4.69) is 40.6 Å². The van der Waals surface area contributed by atoms with Gasteiger partial charge in [-0.25, -0.2) is 4.98 Å². The quantitative estimate of drug-likeness (QED) is 0.703. The predicted molar refractivity (Wildman–Crippen MR) is 99.9 cm³/mol. The lowest BCUT2D eigenvalue weighted by Gasteiger charge is -2.26. The number of pyridine rings is 1. The molecule has 3 aromatic rings. The van der Waals surface area contributed by atoms with Gasteiger partial charge in [-0.15, -0.1) is 0 Å². The van der Waals surface area contributed by atoms with Crippen molar-refractivity contribution >= 4 is 11.6 Å². The van der Waals surface area contributed by atoms with Gasteiger partial charge in [0.25, 0.3) is 5.91 Å². The smallest absolute Gasteiger partial charge is 0.255 e. The Morgan fingerprint density at radius 3 is 2.60 bits per heavy atom. The lowest BCUT2D eigenvalue weighted by molar-refractivity contribution is 0.0724. The van der Waals surface area contributed by atoms with Gasteiger partial charge < -0.3 is 4.90 Å². The Bertz CT molecular complexity index is 935. The van der Waals surface area contributed by atoms with Crippen LogP contribution in [0.4, 0.5) is 0 Å². The molecule has 0 N–H and O–H groups in total. The number of amides is 1. The van der Waals surface area contributed by atoms with Crippen LogP contribution in [0.5, 0.6) is 0 Å². The highest BCUT2D eigenvalue weighted by atomic mass is 16.2. The van der Waals surface area contributed by atoms with Crippen LogP contribution >= 0.6 is 0 Å². The molecule has 25 heavy (non-hydrogen) atoms. The van der Waals surface area contributed by atoms with E-state index in [-0.39, 0.29) is 5.91 Å². The Morgan fingerprint density at radius 1 is 1.04 bits per heavy atom. The van der Waals surface area contributed by atoms with E-state index in [1.807, 2.05) is 30.2 Å². The molecule has 3 heterocycles. The van der Waals surface area contributed by atoms with Crippen LogP contribution in [0.2, 0.25) is 0 Å². The van der Waals surface area contributed by atoms with Gasteiger partial charge in [0.15, 0.2) is 0 Å². The maximum atomic E-state index is 12.8. The molecule has 0 atom stereocenters. The number of hydrogen-bond acceptors (Lipinski definition) is 2. The van der Waals surface area contributed by atoms with Crippen molar-refractivity contribution in [2.75, 3.05) is 13.1 Å². The number of imidazole rings is 1. The van der Waals surface area contributed by atoms with E-state index >= 15 is 0 Å². The second kappa shape index (κ2) is 6.36. The van der Waals surface area contributed by atoms with Crippen molar-refractivity contribution in [1.29, 1.82) is 0 Å². The summed E-state index contributed by atoms with van der Waals surface area (Å²) < 4.78 is 2.06. The highest BCUT2D eigenvalue weighted by Gasteiger charge is 2.20. The second-order valence-electron chi connectivity index (χ2n) is 6.91. The minimum atomic E-state index is 0.128.